The first kappa shape index (κ1) is 20.3. The third-order valence-corrected chi connectivity index (χ3v) is 6.94. The molecule has 1 aromatic carbocycles. The summed E-state index contributed by atoms with van der Waals surface area (Å²) >= 11 is 1.30. The van der Waals surface area contributed by atoms with Gasteiger partial charge < -0.3 is 4.74 Å². The van der Waals surface area contributed by atoms with Crippen molar-refractivity contribution in [2.45, 2.75) is 44.4 Å². The van der Waals surface area contributed by atoms with Gasteiger partial charge in [-0.1, -0.05) is 12.1 Å². The van der Waals surface area contributed by atoms with E-state index in [9.17, 15) is 18.0 Å². The molecule has 0 fully saturated rings. The van der Waals surface area contributed by atoms with Crippen LogP contribution in [0, 0.1) is 6.92 Å². The number of esters is 1. The molecule has 2 aromatic rings. The van der Waals surface area contributed by atoms with E-state index in [1.54, 1.807) is 26.0 Å². The lowest BCUT2D eigenvalue weighted by Gasteiger charge is -2.12. The van der Waals surface area contributed by atoms with Crippen LogP contribution in [0.5, 0.6) is 0 Å². The summed E-state index contributed by atoms with van der Waals surface area (Å²) in [4.78, 5) is 25.8. The number of nitrogens with one attached hydrogen (secondary N) is 2. The van der Waals surface area contributed by atoms with Crippen LogP contribution in [0.3, 0.4) is 0 Å². The molecule has 1 aliphatic carbocycles. The number of amides is 2. The van der Waals surface area contributed by atoms with Gasteiger partial charge in [-0.2, -0.15) is 0 Å². The Morgan fingerprint density at radius 3 is 2.68 bits per heavy atom. The second-order valence-electron chi connectivity index (χ2n) is 6.51. The van der Waals surface area contributed by atoms with Crippen molar-refractivity contribution >= 4 is 38.4 Å². The standard InChI is InChI=1S/C19H22N2O5S2/c1-3-26-18(22)16-14-9-4-5-10-15(14)27-17(16)20-19(23)21-28(24,25)13-8-6-7-12(2)11-13/h6-8,11H,3-5,9-10H2,1-2H3,(H2,20,21,23). The van der Waals surface area contributed by atoms with Gasteiger partial charge in [-0.05, 0) is 62.8 Å². The zero-order chi connectivity index (χ0) is 20.3. The monoisotopic (exact) mass is 422 g/mol. The fraction of sp³-hybridized carbons (Fsp3) is 0.368. The van der Waals surface area contributed by atoms with Crippen molar-refractivity contribution in [2.24, 2.45) is 0 Å². The molecule has 7 nitrogen and oxygen atoms in total. The van der Waals surface area contributed by atoms with Crippen molar-refractivity contribution in [1.29, 1.82) is 0 Å². The first-order valence-corrected chi connectivity index (χ1v) is 11.3. The minimum Gasteiger partial charge on any atom is -0.462 e. The Hall–Kier alpha value is -2.39. The smallest absolute Gasteiger partial charge is 0.341 e. The fourth-order valence-electron chi connectivity index (χ4n) is 3.17. The Bertz CT molecular complexity index is 1010. The number of sulfonamides is 1. The molecule has 1 heterocycles. The Morgan fingerprint density at radius 1 is 1.21 bits per heavy atom. The van der Waals surface area contributed by atoms with Crippen LogP contribution in [-0.2, 0) is 27.6 Å². The minimum absolute atomic E-state index is 0.00117. The van der Waals surface area contributed by atoms with Crippen LogP contribution in [-0.4, -0.2) is 27.0 Å². The maximum absolute atomic E-state index is 12.4. The molecule has 1 aromatic heterocycles. The van der Waals surface area contributed by atoms with E-state index >= 15 is 0 Å². The Morgan fingerprint density at radius 2 is 1.96 bits per heavy atom. The Labute approximate surface area is 168 Å². The molecule has 2 amide bonds. The summed E-state index contributed by atoms with van der Waals surface area (Å²) in [5, 5.41) is 2.86. The fourth-order valence-corrected chi connectivity index (χ4v) is 5.45. The van der Waals surface area contributed by atoms with E-state index < -0.39 is 22.0 Å². The van der Waals surface area contributed by atoms with Crippen LogP contribution < -0.4 is 10.0 Å². The zero-order valence-electron chi connectivity index (χ0n) is 15.7. The summed E-state index contributed by atoms with van der Waals surface area (Å²) < 4.78 is 32.0. The number of carbonyl (C=O) groups is 2. The van der Waals surface area contributed by atoms with E-state index in [1.807, 2.05) is 4.72 Å². The number of anilines is 1. The SMILES string of the molecule is CCOC(=O)c1c(NC(=O)NS(=O)(=O)c2cccc(C)c2)sc2c1CCCC2. The summed E-state index contributed by atoms with van der Waals surface area (Å²) in [5.41, 5.74) is 2.00. The van der Waals surface area contributed by atoms with Crippen LogP contribution in [0.4, 0.5) is 9.80 Å². The molecule has 0 radical (unpaired) electrons. The van der Waals surface area contributed by atoms with Gasteiger partial charge in [0.05, 0.1) is 17.1 Å². The molecule has 0 unspecified atom stereocenters. The van der Waals surface area contributed by atoms with Crippen molar-refractivity contribution in [2.75, 3.05) is 11.9 Å². The number of urea groups is 1. The van der Waals surface area contributed by atoms with E-state index in [4.69, 9.17) is 4.74 Å². The number of hydrogen-bond acceptors (Lipinski definition) is 6. The molecule has 0 saturated carbocycles. The lowest BCUT2D eigenvalue weighted by Crippen LogP contribution is -2.34. The summed E-state index contributed by atoms with van der Waals surface area (Å²) in [6.45, 7) is 3.70. The molecule has 150 valence electrons. The van der Waals surface area contributed by atoms with Gasteiger partial charge >= 0.3 is 12.0 Å². The first-order chi connectivity index (χ1) is 13.3. The van der Waals surface area contributed by atoms with Gasteiger partial charge in [-0.15, -0.1) is 11.3 Å². The molecule has 9 heteroatoms. The number of carbonyl (C=O) groups excluding carboxylic acids is 2. The topological polar surface area (TPSA) is 102 Å². The molecule has 3 rings (SSSR count). The minimum atomic E-state index is -4.02. The van der Waals surface area contributed by atoms with Gasteiger partial charge in [0.2, 0.25) is 0 Å². The van der Waals surface area contributed by atoms with Gasteiger partial charge in [-0.25, -0.2) is 22.7 Å². The highest BCUT2D eigenvalue weighted by Gasteiger charge is 2.28. The van der Waals surface area contributed by atoms with Crippen LogP contribution in [0.1, 0.15) is 46.1 Å². The van der Waals surface area contributed by atoms with E-state index in [0.29, 0.717) is 10.6 Å². The molecule has 0 atom stereocenters. The van der Waals surface area contributed by atoms with E-state index in [1.165, 1.54) is 23.5 Å². The highest BCUT2D eigenvalue weighted by atomic mass is 32.2. The molecule has 2 N–H and O–H groups in total. The summed E-state index contributed by atoms with van der Waals surface area (Å²) in [6.07, 6.45) is 3.55. The number of rotatable bonds is 5. The number of aryl methyl sites for hydroxylation is 2. The third-order valence-electron chi connectivity index (χ3n) is 4.40. The zero-order valence-corrected chi connectivity index (χ0v) is 17.3. The van der Waals surface area contributed by atoms with Crippen LogP contribution >= 0.6 is 11.3 Å². The highest BCUT2D eigenvalue weighted by molar-refractivity contribution is 7.90. The second kappa shape index (κ2) is 8.32. The molecule has 0 spiro atoms. The lowest BCUT2D eigenvalue weighted by molar-refractivity contribution is 0.0526. The molecule has 0 saturated heterocycles. The molecule has 28 heavy (non-hydrogen) atoms. The lowest BCUT2D eigenvalue weighted by atomic mass is 9.95. The maximum atomic E-state index is 12.4. The average molecular weight is 423 g/mol. The number of hydrogen-bond donors (Lipinski definition) is 2. The van der Waals surface area contributed by atoms with Crippen molar-refractivity contribution in [3.8, 4) is 0 Å². The number of benzene rings is 1. The second-order valence-corrected chi connectivity index (χ2v) is 9.30. The van der Waals surface area contributed by atoms with E-state index in [2.05, 4.69) is 5.32 Å². The van der Waals surface area contributed by atoms with Crippen LogP contribution in [0.15, 0.2) is 29.2 Å². The average Bonchev–Trinajstić information content (AvgIpc) is 2.99. The molecule has 0 aliphatic heterocycles. The summed E-state index contributed by atoms with van der Waals surface area (Å²) in [5.74, 6) is -0.501. The van der Waals surface area contributed by atoms with Gasteiger partial charge in [0.25, 0.3) is 10.0 Å². The molecular weight excluding hydrogens is 400 g/mol. The number of ether oxygens (including phenoxy) is 1. The highest BCUT2D eigenvalue weighted by Crippen LogP contribution is 2.38. The largest absolute Gasteiger partial charge is 0.462 e. The van der Waals surface area contributed by atoms with Crippen molar-refractivity contribution in [3.05, 3.63) is 45.8 Å². The predicted molar refractivity (Wildman–Crippen MR) is 107 cm³/mol. The first-order valence-electron chi connectivity index (χ1n) is 9.04. The van der Waals surface area contributed by atoms with Crippen molar-refractivity contribution < 1.29 is 22.7 Å². The molecular formula is C19H22N2O5S2. The van der Waals surface area contributed by atoms with Gasteiger partial charge in [-0.3, -0.25) is 5.32 Å². The van der Waals surface area contributed by atoms with Crippen molar-refractivity contribution in [3.63, 3.8) is 0 Å². The van der Waals surface area contributed by atoms with Crippen LogP contribution in [0.25, 0.3) is 0 Å². The molecule has 0 bridgehead atoms. The third kappa shape index (κ3) is 4.36. The summed E-state index contributed by atoms with van der Waals surface area (Å²) in [7, 11) is -4.02. The maximum Gasteiger partial charge on any atom is 0.341 e. The normalized spacial score (nSPS) is 13.5. The van der Waals surface area contributed by atoms with Gasteiger partial charge in [0.15, 0.2) is 0 Å². The van der Waals surface area contributed by atoms with Gasteiger partial charge in [0, 0.05) is 4.88 Å². The van der Waals surface area contributed by atoms with Gasteiger partial charge in [0.1, 0.15) is 5.00 Å². The Kier molecular flexibility index (Phi) is 6.04. The Balaban J connectivity index is 1.84. The number of fused-ring (bicyclic) bond motifs is 1. The van der Waals surface area contributed by atoms with E-state index in [-0.39, 0.29) is 11.5 Å². The summed E-state index contributed by atoms with van der Waals surface area (Å²) in [6, 6.07) is 5.35. The molecule has 1 aliphatic rings. The quantitative estimate of drug-likeness (QED) is 0.717. The number of thiophene rings is 1. The predicted octanol–water partition coefficient (Wildman–Crippen LogP) is 3.62. The van der Waals surface area contributed by atoms with Crippen molar-refractivity contribution in [1.82, 2.24) is 4.72 Å². The van der Waals surface area contributed by atoms with E-state index in [0.717, 1.165) is 41.7 Å². The van der Waals surface area contributed by atoms with Crippen LogP contribution in [0.2, 0.25) is 0 Å².